The Morgan fingerprint density at radius 2 is 1.62 bits per heavy atom. The van der Waals surface area contributed by atoms with Crippen LogP contribution in [0.25, 0.3) is 0 Å². The Hall–Kier alpha value is -0.0400. The largest absolute Gasteiger partial charge is 0.396 e. The minimum atomic E-state index is 0.394. The number of unbranched alkanes of at least 4 members (excludes halogenated alkanes) is 5. The van der Waals surface area contributed by atoms with Crippen LogP contribution in [0.5, 0.6) is 0 Å². The quantitative estimate of drug-likeness (QED) is 0.572. The van der Waals surface area contributed by atoms with E-state index in [1.54, 1.807) is 0 Å². The van der Waals surface area contributed by atoms with Crippen molar-refractivity contribution in [2.24, 2.45) is 5.41 Å². The Kier molecular flexibility index (Phi) is 4.79. The molecular formula is C12H24O. The van der Waals surface area contributed by atoms with Crippen LogP contribution in [0, 0.1) is 5.41 Å². The third-order valence-corrected chi connectivity index (χ3v) is 3.35. The van der Waals surface area contributed by atoms with E-state index < -0.39 is 0 Å². The zero-order chi connectivity index (χ0) is 9.57. The second-order valence-corrected chi connectivity index (χ2v) is 4.68. The van der Waals surface area contributed by atoms with Crippen molar-refractivity contribution in [1.82, 2.24) is 0 Å². The van der Waals surface area contributed by atoms with Gasteiger partial charge in [0.2, 0.25) is 0 Å². The topological polar surface area (TPSA) is 20.2 Å². The van der Waals surface area contributed by atoms with E-state index in [2.05, 4.69) is 6.92 Å². The molecular weight excluding hydrogens is 160 g/mol. The lowest BCUT2D eigenvalue weighted by Crippen LogP contribution is -2.05. The Morgan fingerprint density at radius 1 is 1.00 bits per heavy atom. The molecule has 78 valence electrons. The smallest absolute Gasteiger partial charge is 0.0487 e. The fourth-order valence-electron chi connectivity index (χ4n) is 1.94. The first-order chi connectivity index (χ1) is 6.33. The van der Waals surface area contributed by atoms with Gasteiger partial charge >= 0.3 is 0 Å². The highest BCUT2D eigenvalue weighted by Crippen LogP contribution is 2.49. The van der Waals surface area contributed by atoms with Crippen LogP contribution in [0.2, 0.25) is 0 Å². The average molecular weight is 184 g/mol. The van der Waals surface area contributed by atoms with Crippen LogP contribution in [0.1, 0.15) is 64.7 Å². The van der Waals surface area contributed by atoms with E-state index in [0.717, 1.165) is 0 Å². The van der Waals surface area contributed by atoms with Gasteiger partial charge in [0.05, 0.1) is 0 Å². The van der Waals surface area contributed by atoms with E-state index in [9.17, 15) is 0 Å². The van der Waals surface area contributed by atoms with Gasteiger partial charge < -0.3 is 5.11 Å². The van der Waals surface area contributed by atoms with Gasteiger partial charge in [-0.25, -0.2) is 0 Å². The van der Waals surface area contributed by atoms with Crippen molar-refractivity contribution >= 4 is 0 Å². The average Bonchev–Trinajstić information content (AvgIpc) is 2.92. The van der Waals surface area contributed by atoms with E-state index >= 15 is 0 Å². The standard InChI is InChI=1S/C12H24O/c1-2-3-4-5-6-7-8-12(11-13)9-10-12/h13H,2-11H2,1H3. The highest BCUT2D eigenvalue weighted by atomic mass is 16.3. The Labute approximate surface area is 82.5 Å². The molecule has 0 saturated heterocycles. The van der Waals surface area contributed by atoms with Crippen molar-refractivity contribution in [3.63, 3.8) is 0 Å². The van der Waals surface area contributed by atoms with E-state index in [4.69, 9.17) is 5.11 Å². The molecule has 13 heavy (non-hydrogen) atoms. The SMILES string of the molecule is CCCCCCCCC1(CO)CC1. The van der Waals surface area contributed by atoms with Crippen LogP contribution >= 0.6 is 0 Å². The highest BCUT2D eigenvalue weighted by Gasteiger charge is 2.40. The molecule has 0 radical (unpaired) electrons. The van der Waals surface area contributed by atoms with Gasteiger partial charge in [0.1, 0.15) is 0 Å². The summed E-state index contributed by atoms with van der Waals surface area (Å²) in [7, 11) is 0. The van der Waals surface area contributed by atoms with Gasteiger partial charge in [-0.3, -0.25) is 0 Å². The normalized spacial score (nSPS) is 18.9. The van der Waals surface area contributed by atoms with Crippen molar-refractivity contribution in [2.75, 3.05) is 6.61 Å². The third-order valence-electron chi connectivity index (χ3n) is 3.35. The summed E-state index contributed by atoms with van der Waals surface area (Å²) in [6, 6.07) is 0. The molecule has 0 aromatic carbocycles. The number of hydrogen-bond acceptors (Lipinski definition) is 1. The molecule has 0 aromatic rings. The van der Waals surface area contributed by atoms with Crippen LogP contribution < -0.4 is 0 Å². The second kappa shape index (κ2) is 5.64. The molecule has 0 atom stereocenters. The van der Waals surface area contributed by atoms with Crippen LogP contribution in [-0.4, -0.2) is 11.7 Å². The van der Waals surface area contributed by atoms with Crippen molar-refractivity contribution in [3.8, 4) is 0 Å². The zero-order valence-electron chi connectivity index (χ0n) is 9.02. The number of aliphatic hydroxyl groups is 1. The van der Waals surface area contributed by atoms with Gasteiger partial charge in [-0.2, -0.15) is 0 Å². The lowest BCUT2D eigenvalue weighted by Gasteiger charge is -2.10. The van der Waals surface area contributed by atoms with E-state index in [0.29, 0.717) is 12.0 Å². The first-order valence-corrected chi connectivity index (χ1v) is 5.94. The van der Waals surface area contributed by atoms with Gasteiger partial charge in [-0.1, -0.05) is 45.4 Å². The lowest BCUT2D eigenvalue weighted by atomic mass is 9.98. The predicted molar refractivity (Wildman–Crippen MR) is 56.7 cm³/mol. The molecule has 0 spiro atoms. The van der Waals surface area contributed by atoms with Crippen LogP contribution in [0.4, 0.5) is 0 Å². The molecule has 0 amide bonds. The Bertz CT molecular complexity index is 127. The van der Waals surface area contributed by atoms with Gasteiger partial charge in [-0.15, -0.1) is 0 Å². The minimum absolute atomic E-state index is 0.394. The summed E-state index contributed by atoms with van der Waals surface area (Å²) in [5.74, 6) is 0. The first kappa shape index (κ1) is 11.0. The van der Waals surface area contributed by atoms with Crippen LogP contribution in [-0.2, 0) is 0 Å². The maximum Gasteiger partial charge on any atom is 0.0487 e. The number of rotatable bonds is 8. The first-order valence-electron chi connectivity index (χ1n) is 5.94. The van der Waals surface area contributed by atoms with Gasteiger partial charge in [0, 0.05) is 6.61 Å². The summed E-state index contributed by atoms with van der Waals surface area (Å²) in [6.45, 7) is 2.69. The van der Waals surface area contributed by atoms with Crippen molar-refractivity contribution < 1.29 is 5.11 Å². The highest BCUT2D eigenvalue weighted by molar-refractivity contribution is 4.91. The lowest BCUT2D eigenvalue weighted by molar-refractivity contribution is 0.200. The zero-order valence-corrected chi connectivity index (χ0v) is 9.02. The number of hydrogen-bond donors (Lipinski definition) is 1. The van der Waals surface area contributed by atoms with Crippen molar-refractivity contribution in [3.05, 3.63) is 0 Å². The fraction of sp³-hybridized carbons (Fsp3) is 1.00. The molecule has 0 bridgehead atoms. The molecule has 1 nitrogen and oxygen atoms in total. The maximum atomic E-state index is 9.10. The monoisotopic (exact) mass is 184 g/mol. The molecule has 1 heteroatoms. The summed E-state index contributed by atoms with van der Waals surface area (Å²) in [6.07, 6.45) is 12.1. The molecule has 1 fully saturated rings. The molecule has 1 aliphatic rings. The molecule has 1 aliphatic carbocycles. The minimum Gasteiger partial charge on any atom is -0.396 e. The molecule has 1 rings (SSSR count). The molecule has 1 N–H and O–H groups in total. The second-order valence-electron chi connectivity index (χ2n) is 4.68. The van der Waals surface area contributed by atoms with E-state index in [1.165, 1.54) is 57.8 Å². The summed E-state index contributed by atoms with van der Waals surface area (Å²) < 4.78 is 0. The van der Waals surface area contributed by atoms with Crippen LogP contribution in [0.3, 0.4) is 0 Å². The molecule has 0 aliphatic heterocycles. The summed E-state index contributed by atoms with van der Waals surface area (Å²) in [5, 5.41) is 9.10. The Morgan fingerprint density at radius 3 is 2.15 bits per heavy atom. The Balaban J connectivity index is 1.84. The summed E-state index contributed by atoms with van der Waals surface area (Å²) in [5.41, 5.74) is 0.394. The molecule has 0 unspecified atom stereocenters. The van der Waals surface area contributed by atoms with Gasteiger partial charge in [0.25, 0.3) is 0 Å². The number of aliphatic hydroxyl groups excluding tert-OH is 1. The maximum absolute atomic E-state index is 9.10. The van der Waals surface area contributed by atoms with Gasteiger partial charge in [0.15, 0.2) is 0 Å². The van der Waals surface area contributed by atoms with Gasteiger partial charge in [-0.05, 0) is 24.7 Å². The molecule has 1 saturated carbocycles. The predicted octanol–water partition coefficient (Wildman–Crippen LogP) is 3.51. The van der Waals surface area contributed by atoms with E-state index in [1.807, 2.05) is 0 Å². The molecule has 0 heterocycles. The van der Waals surface area contributed by atoms with E-state index in [-0.39, 0.29) is 0 Å². The molecule has 0 aromatic heterocycles. The summed E-state index contributed by atoms with van der Waals surface area (Å²) in [4.78, 5) is 0. The third kappa shape index (κ3) is 4.12. The summed E-state index contributed by atoms with van der Waals surface area (Å²) >= 11 is 0. The fourth-order valence-corrected chi connectivity index (χ4v) is 1.94. The van der Waals surface area contributed by atoms with Crippen LogP contribution in [0.15, 0.2) is 0 Å². The van der Waals surface area contributed by atoms with Crippen molar-refractivity contribution in [1.29, 1.82) is 0 Å². The van der Waals surface area contributed by atoms with Crippen molar-refractivity contribution in [2.45, 2.75) is 64.7 Å².